The summed E-state index contributed by atoms with van der Waals surface area (Å²) in [4.78, 5) is 0. The SMILES string of the molecule is CNS(=O)(=O)CCCN[C@@]1(CO)C[C@H](C)CC(C)(C)C1. The van der Waals surface area contributed by atoms with E-state index in [2.05, 4.69) is 30.8 Å². The van der Waals surface area contributed by atoms with Crippen molar-refractivity contribution in [2.45, 2.75) is 52.0 Å². The van der Waals surface area contributed by atoms with Gasteiger partial charge < -0.3 is 10.4 Å². The molecular weight excluding hydrogens is 276 g/mol. The van der Waals surface area contributed by atoms with Gasteiger partial charge >= 0.3 is 0 Å². The van der Waals surface area contributed by atoms with Crippen molar-refractivity contribution in [2.24, 2.45) is 11.3 Å². The van der Waals surface area contributed by atoms with Gasteiger partial charge in [-0.1, -0.05) is 20.8 Å². The number of hydrogen-bond acceptors (Lipinski definition) is 4. The Labute approximate surface area is 123 Å². The Morgan fingerprint density at radius 2 is 1.95 bits per heavy atom. The van der Waals surface area contributed by atoms with Gasteiger partial charge in [-0.15, -0.1) is 0 Å². The van der Waals surface area contributed by atoms with Gasteiger partial charge in [0.15, 0.2) is 0 Å². The molecule has 0 spiro atoms. The second-order valence-electron chi connectivity index (χ2n) is 7.10. The summed E-state index contributed by atoms with van der Waals surface area (Å²) in [6.45, 7) is 7.42. The monoisotopic (exact) mass is 306 g/mol. The highest BCUT2D eigenvalue weighted by molar-refractivity contribution is 7.89. The average molecular weight is 306 g/mol. The molecule has 0 radical (unpaired) electrons. The molecule has 3 N–H and O–H groups in total. The molecule has 0 aromatic heterocycles. The highest BCUT2D eigenvalue weighted by Crippen LogP contribution is 2.43. The van der Waals surface area contributed by atoms with Gasteiger partial charge in [0.2, 0.25) is 10.0 Å². The molecule has 1 aliphatic carbocycles. The van der Waals surface area contributed by atoms with E-state index in [4.69, 9.17) is 0 Å². The Bertz CT molecular complexity index is 409. The van der Waals surface area contributed by atoms with Crippen LogP contribution in [0.1, 0.15) is 46.5 Å². The van der Waals surface area contributed by atoms with Crippen molar-refractivity contribution >= 4 is 10.0 Å². The van der Waals surface area contributed by atoms with Crippen LogP contribution in [-0.4, -0.2) is 45.0 Å². The maximum absolute atomic E-state index is 11.4. The third kappa shape index (κ3) is 5.31. The fraction of sp³-hybridized carbons (Fsp3) is 1.00. The molecule has 0 unspecified atom stereocenters. The minimum absolute atomic E-state index is 0.111. The van der Waals surface area contributed by atoms with E-state index in [0.29, 0.717) is 18.9 Å². The van der Waals surface area contributed by atoms with Crippen LogP contribution in [0.4, 0.5) is 0 Å². The predicted octanol–water partition coefficient (Wildman–Crippen LogP) is 1.09. The molecule has 0 bridgehead atoms. The van der Waals surface area contributed by atoms with Crippen LogP contribution in [0, 0.1) is 11.3 Å². The van der Waals surface area contributed by atoms with Gasteiger partial charge in [0.05, 0.1) is 12.4 Å². The Hall–Kier alpha value is -0.170. The summed E-state index contributed by atoms with van der Waals surface area (Å²) in [5.74, 6) is 0.691. The molecule has 1 aliphatic rings. The van der Waals surface area contributed by atoms with Gasteiger partial charge in [0.1, 0.15) is 0 Å². The molecule has 0 amide bonds. The maximum Gasteiger partial charge on any atom is 0.211 e. The molecule has 1 rings (SSSR count). The number of hydrogen-bond donors (Lipinski definition) is 3. The molecule has 5 nitrogen and oxygen atoms in total. The lowest BCUT2D eigenvalue weighted by Crippen LogP contribution is -2.55. The average Bonchev–Trinajstić information content (AvgIpc) is 2.32. The van der Waals surface area contributed by atoms with Crippen molar-refractivity contribution in [3.8, 4) is 0 Å². The smallest absolute Gasteiger partial charge is 0.211 e. The third-order valence-corrected chi connectivity index (χ3v) is 5.61. The molecule has 2 atom stereocenters. The zero-order chi connectivity index (χ0) is 15.4. The first-order chi connectivity index (χ1) is 9.14. The fourth-order valence-corrected chi connectivity index (χ4v) is 4.50. The summed E-state index contributed by atoms with van der Waals surface area (Å²) >= 11 is 0. The lowest BCUT2D eigenvalue weighted by molar-refractivity contribution is 0.0367. The summed E-state index contributed by atoms with van der Waals surface area (Å²) in [6, 6.07) is 0. The lowest BCUT2D eigenvalue weighted by Gasteiger charge is -2.47. The van der Waals surface area contributed by atoms with Crippen LogP contribution in [0.15, 0.2) is 0 Å². The Balaban J connectivity index is 2.54. The van der Waals surface area contributed by atoms with Crippen molar-refractivity contribution in [1.82, 2.24) is 10.0 Å². The van der Waals surface area contributed by atoms with Crippen LogP contribution >= 0.6 is 0 Å². The quantitative estimate of drug-likeness (QED) is 0.615. The van der Waals surface area contributed by atoms with Gasteiger partial charge in [-0.25, -0.2) is 13.1 Å². The van der Waals surface area contributed by atoms with Crippen LogP contribution in [0.3, 0.4) is 0 Å². The molecule has 20 heavy (non-hydrogen) atoms. The van der Waals surface area contributed by atoms with Gasteiger partial charge in [-0.2, -0.15) is 0 Å². The minimum atomic E-state index is -3.14. The van der Waals surface area contributed by atoms with E-state index in [9.17, 15) is 13.5 Å². The van der Waals surface area contributed by atoms with Gasteiger partial charge in [-0.05, 0) is 50.6 Å². The Kier molecular flexibility index (Phi) is 6.01. The number of rotatable bonds is 7. The molecule has 0 aromatic rings. The van der Waals surface area contributed by atoms with E-state index >= 15 is 0 Å². The molecule has 1 saturated carbocycles. The highest BCUT2D eigenvalue weighted by atomic mass is 32.2. The zero-order valence-corrected chi connectivity index (χ0v) is 14.0. The summed E-state index contributed by atoms with van der Waals surface area (Å²) in [6.07, 6.45) is 3.61. The zero-order valence-electron chi connectivity index (χ0n) is 13.2. The summed E-state index contributed by atoms with van der Waals surface area (Å²) in [5, 5.41) is 13.2. The minimum Gasteiger partial charge on any atom is -0.394 e. The van der Waals surface area contributed by atoms with Crippen molar-refractivity contribution < 1.29 is 13.5 Å². The normalized spacial score (nSPS) is 30.4. The highest BCUT2D eigenvalue weighted by Gasteiger charge is 2.42. The first-order valence-corrected chi connectivity index (χ1v) is 9.06. The molecule has 6 heteroatoms. The largest absolute Gasteiger partial charge is 0.394 e. The predicted molar refractivity (Wildman–Crippen MR) is 82.1 cm³/mol. The number of sulfonamides is 1. The number of aliphatic hydroxyl groups is 1. The topological polar surface area (TPSA) is 78.4 Å². The van der Waals surface area contributed by atoms with Crippen LogP contribution in [-0.2, 0) is 10.0 Å². The maximum atomic E-state index is 11.4. The van der Waals surface area contributed by atoms with Gasteiger partial charge in [0, 0.05) is 5.54 Å². The Morgan fingerprint density at radius 3 is 2.45 bits per heavy atom. The van der Waals surface area contributed by atoms with Gasteiger partial charge in [-0.3, -0.25) is 0 Å². The van der Waals surface area contributed by atoms with E-state index in [0.717, 1.165) is 12.8 Å². The third-order valence-electron chi connectivity index (χ3n) is 4.16. The van der Waals surface area contributed by atoms with Crippen LogP contribution in [0.2, 0.25) is 0 Å². The molecule has 120 valence electrons. The molecule has 0 aliphatic heterocycles. The van der Waals surface area contributed by atoms with E-state index < -0.39 is 10.0 Å². The van der Waals surface area contributed by atoms with E-state index in [1.54, 1.807) is 0 Å². The van der Waals surface area contributed by atoms with Crippen molar-refractivity contribution in [3.63, 3.8) is 0 Å². The Morgan fingerprint density at radius 1 is 1.30 bits per heavy atom. The second kappa shape index (κ2) is 6.73. The molecule has 0 saturated heterocycles. The standard InChI is InChI=1S/C14H30N2O3S/c1-12-8-13(2,3)10-14(9-12,11-17)16-6-5-7-20(18,19)15-4/h12,15-17H,5-11H2,1-4H3/t12-,14+/m1/s1. The number of aliphatic hydroxyl groups excluding tert-OH is 1. The van der Waals surface area contributed by atoms with Crippen LogP contribution in [0.25, 0.3) is 0 Å². The molecule has 0 aromatic carbocycles. The summed E-state index contributed by atoms with van der Waals surface area (Å²) in [7, 11) is -1.70. The molecule has 1 fully saturated rings. The summed E-state index contributed by atoms with van der Waals surface area (Å²) in [5.41, 5.74) is -0.0466. The first-order valence-electron chi connectivity index (χ1n) is 7.41. The van der Waals surface area contributed by atoms with Crippen molar-refractivity contribution in [1.29, 1.82) is 0 Å². The number of nitrogens with one attached hydrogen (secondary N) is 2. The van der Waals surface area contributed by atoms with E-state index in [1.165, 1.54) is 13.5 Å². The van der Waals surface area contributed by atoms with Gasteiger partial charge in [0.25, 0.3) is 0 Å². The molecule has 0 heterocycles. The van der Waals surface area contributed by atoms with Crippen LogP contribution < -0.4 is 10.0 Å². The van der Waals surface area contributed by atoms with E-state index in [1.807, 2.05) is 0 Å². The second-order valence-corrected chi connectivity index (χ2v) is 9.14. The summed E-state index contributed by atoms with van der Waals surface area (Å²) < 4.78 is 25.1. The van der Waals surface area contributed by atoms with Crippen LogP contribution in [0.5, 0.6) is 0 Å². The fourth-order valence-electron chi connectivity index (χ4n) is 3.77. The van der Waals surface area contributed by atoms with Crippen molar-refractivity contribution in [2.75, 3.05) is 26.0 Å². The molecular formula is C14H30N2O3S. The van der Waals surface area contributed by atoms with Crippen molar-refractivity contribution in [3.05, 3.63) is 0 Å². The lowest BCUT2D eigenvalue weighted by atomic mass is 9.64. The first kappa shape index (κ1) is 17.9. The van der Waals surface area contributed by atoms with E-state index in [-0.39, 0.29) is 23.3 Å².